The summed E-state index contributed by atoms with van der Waals surface area (Å²) >= 11 is 0. The SMILES string of the molecule is CCCCCCCCC=CCC=CCC=CCCCC(=O)OC(COC(=O)CCCCCCCC=CCCCCCCCC)COP(=O)(O)OCCN. The Morgan fingerprint density at radius 3 is 1.53 bits per heavy atom. The molecule has 3 N–H and O–H groups in total. The standard InChI is InChI=1S/C43H78NO8P/c1-3-5-7-9-11-13-15-17-19-20-22-24-26-28-30-32-34-36-43(46)52-41(40-51-53(47,48)50-38-37-44)39-49-42(45)35-33-31-29-27-25-23-21-18-16-14-12-10-8-6-4-2/h17-19,21-22,24,28,30,41H,3-16,20,23,25-27,29,31-40,44H2,1-2H3,(H,47,48). The molecule has 0 heterocycles. The molecular weight excluding hydrogens is 689 g/mol. The predicted octanol–water partition coefficient (Wildman–Crippen LogP) is 11.9. The third-order valence-electron chi connectivity index (χ3n) is 8.69. The summed E-state index contributed by atoms with van der Waals surface area (Å²) in [7, 11) is -4.39. The maximum absolute atomic E-state index is 12.5. The number of phosphoric acid groups is 1. The van der Waals surface area contributed by atoms with Crippen molar-refractivity contribution in [1.29, 1.82) is 0 Å². The van der Waals surface area contributed by atoms with Crippen molar-refractivity contribution in [3.05, 3.63) is 48.6 Å². The number of allylic oxidation sites excluding steroid dienone is 8. The van der Waals surface area contributed by atoms with Crippen molar-refractivity contribution in [1.82, 2.24) is 0 Å². The molecule has 0 spiro atoms. The lowest BCUT2D eigenvalue weighted by Gasteiger charge is -2.19. The van der Waals surface area contributed by atoms with Gasteiger partial charge in [0.15, 0.2) is 6.10 Å². The largest absolute Gasteiger partial charge is 0.472 e. The van der Waals surface area contributed by atoms with E-state index in [0.29, 0.717) is 19.3 Å². The zero-order chi connectivity index (χ0) is 38.9. The van der Waals surface area contributed by atoms with Crippen LogP contribution in [0.15, 0.2) is 48.6 Å². The molecule has 0 aromatic rings. The van der Waals surface area contributed by atoms with E-state index in [1.165, 1.54) is 83.5 Å². The Balaban J connectivity index is 4.28. The fraction of sp³-hybridized carbons (Fsp3) is 0.767. The van der Waals surface area contributed by atoms with E-state index in [0.717, 1.165) is 51.4 Å². The first-order chi connectivity index (χ1) is 25.8. The number of carbonyl (C=O) groups excluding carboxylic acids is 2. The average molecular weight is 768 g/mol. The van der Waals surface area contributed by atoms with Crippen molar-refractivity contribution >= 4 is 19.8 Å². The Bertz CT molecular complexity index is 1010. The van der Waals surface area contributed by atoms with Crippen molar-refractivity contribution in [3.8, 4) is 0 Å². The summed E-state index contributed by atoms with van der Waals surface area (Å²) in [5, 5.41) is 0. The molecule has 0 saturated carbocycles. The predicted molar refractivity (Wildman–Crippen MR) is 220 cm³/mol. The van der Waals surface area contributed by atoms with E-state index in [-0.39, 0.29) is 32.6 Å². The number of unbranched alkanes of at least 4 members (excludes halogenated alkanes) is 18. The van der Waals surface area contributed by atoms with Gasteiger partial charge < -0.3 is 20.1 Å². The van der Waals surface area contributed by atoms with Crippen molar-refractivity contribution in [2.24, 2.45) is 5.73 Å². The highest BCUT2D eigenvalue weighted by Crippen LogP contribution is 2.43. The fourth-order valence-electron chi connectivity index (χ4n) is 5.53. The van der Waals surface area contributed by atoms with Gasteiger partial charge in [-0.3, -0.25) is 18.6 Å². The quantitative estimate of drug-likeness (QED) is 0.0271. The molecule has 2 unspecified atom stereocenters. The van der Waals surface area contributed by atoms with E-state index in [1.54, 1.807) is 0 Å². The number of rotatable bonds is 39. The summed E-state index contributed by atoms with van der Waals surface area (Å²) in [6, 6.07) is 0. The Hall–Kier alpha value is -2.03. The lowest BCUT2D eigenvalue weighted by Crippen LogP contribution is -2.29. The summed E-state index contributed by atoms with van der Waals surface area (Å²) in [6.07, 6.45) is 44.3. The van der Waals surface area contributed by atoms with Crippen LogP contribution in [0.3, 0.4) is 0 Å². The third-order valence-corrected chi connectivity index (χ3v) is 9.67. The smallest absolute Gasteiger partial charge is 0.462 e. The molecule has 53 heavy (non-hydrogen) atoms. The molecule has 9 nitrogen and oxygen atoms in total. The Labute approximate surface area is 324 Å². The molecule has 0 aromatic carbocycles. The first-order valence-electron chi connectivity index (χ1n) is 21.1. The van der Waals surface area contributed by atoms with Gasteiger partial charge in [-0.15, -0.1) is 0 Å². The van der Waals surface area contributed by atoms with E-state index < -0.39 is 32.5 Å². The van der Waals surface area contributed by atoms with E-state index in [1.807, 2.05) is 6.08 Å². The summed E-state index contributed by atoms with van der Waals surface area (Å²) in [6.45, 7) is 3.65. The van der Waals surface area contributed by atoms with Crippen molar-refractivity contribution < 1.29 is 37.6 Å². The highest BCUT2D eigenvalue weighted by molar-refractivity contribution is 7.47. The first kappa shape index (κ1) is 51.0. The van der Waals surface area contributed by atoms with E-state index in [9.17, 15) is 19.0 Å². The number of carbonyl (C=O) groups is 2. The topological polar surface area (TPSA) is 134 Å². The van der Waals surface area contributed by atoms with Crippen LogP contribution in [0, 0.1) is 0 Å². The van der Waals surface area contributed by atoms with Crippen LogP contribution in [0.25, 0.3) is 0 Å². The number of hydrogen-bond acceptors (Lipinski definition) is 8. The normalized spacial score (nSPS) is 13.8. The second-order valence-electron chi connectivity index (χ2n) is 13.8. The highest BCUT2D eigenvalue weighted by atomic mass is 31.2. The molecule has 0 rings (SSSR count). The number of nitrogens with two attached hydrogens (primary N) is 1. The van der Waals surface area contributed by atoms with Gasteiger partial charge >= 0.3 is 19.8 Å². The van der Waals surface area contributed by atoms with Crippen LogP contribution in [0.4, 0.5) is 0 Å². The van der Waals surface area contributed by atoms with Crippen molar-refractivity contribution in [2.45, 2.75) is 187 Å². The third kappa shape index (κ3) is 39.5. The number of ether oxygens (including phenoxy) is 2. The molecule has 0 saturated heterocycles. The maximum atomic E-state index is 12.5. The minimum atomic E-state index is -4.39. The lowest BCUT2D eigenvalue weighted by molar-refractivity contribution is -0.161. The fourth-order valence-corrected chi connectivity index (χ4v) is 6.29. The Morgan fingerprint density at radius 1 is 0.566 bits per heavy atom. The summed E-state index contributed by atoms with van der Waals surface area (Å²) in [5.74, 6) is -0.901. The molecule has 0 aliphatic rings. The summed E-state index contributed by atoms with van der Waals surface area (Å²) in [5.41, 5.74) is 5.34. The lowest BCUT2D eigenvalue weighted by atomic mass is 10.1. The van der Waals surface area contributed by atoms with Gasteiger partial charge in [0.1, 0.15) is 6.61 Å². The zero-order valence-corrected chi connectivity index (χ0v) is 34.6. The molecule has 2 atom stereocenters. The molecule has 0 bridgehead atoms. The van der Waals surface area contributed by atoms with Gasteiger partial charge in [-0.1, -0.05) is 146 Å². The van der Waals surface area contributed by atoms with Gasteiger partial charge in [-0.2, -0.15) is 0 Å². The number of esters is 2. The molecule has 0 radical (unpaired) electrons. The van der Waals surface area contributed by atoms with Crippen LogP contribution in [0.1, 0.15) is 181 Å². The summed E-state index contributed by atoms with van der Waals surface area (Å²) < 4.78 is 32.7. The van der Waals surface area contributed by atoms with Crippen LogP contribution in [-0.2, 0) is 32.7 Å². The number of hydrogen-bond donors (Lipinski definition) is 2. The Kier molecular flexibility index (Phi) is 38.1. The Morgan fingerprint density at radius 2 is 1.00 bits per heavy atom. The molecule has 0 fully saturated rings. The molecule has 308 valence electrons. The minimum Gasteiger partial charge on any atom is -0.462 e. The van der Waals surface area contributed by atoms with E-state index >= 15 is 0 Å². The van der Waals surface area contributed by atoms with Crippen LogP contribution in [0.5, 0.6) is 0 Å². The minimum absolute atomic E-state index is 0.0434. The monoisotopic (exact) mass is 768 g/mol. The summed E-state index contributed by atoms with van der Waals surface area (Å²) in [4.78, 5) is 34.8. The van der Waals surface area contributed by atoms with Gasteiger partial charge in [-0.05, 0) is 70.6 Å². The second-order valence-corrected chi connectivity index (χ2v) is 15.3. The maximum Gasteiger partial charge on any atom is 0.472 e. The second kappa shape index (κ2) is 39.7. The van der Waals surface area contributed by atoms with E-state index in [4.69, 9.17) is 24.3 Å². The van der Waals surface area contributed by atoms with Crippen LogP contribution in [0.2, 0.25) is 0 Å². The van der Waals surface area contributed by atoms with Crippen molar-refractivity contribution in [3.63, 3.8) is 0 Å². The average Bonchev–Trinajstić information content (AvgIpc) is 3.14. The number of phosphoric ester groups is 1. The molecule has 0 aromatic heterocycles. The van der Waals surface area contributed by atoms with Gasteiger partial charge in [0.2, 0.25) is 0 Å². The molecule has 0 amide bonds. The van der Waals surface area contributed by atoms with Gasteiger partial charge in [0.25, 0.3) is 0 Å². The van der Waals surface area contributed by atoms with Gasteiger partial charge in [-0.25, -0.2) is 4.57 Å². The van der Waals surface area contributed by atoms with Crippen LogP contribution >= 0.6 is 7.82 Å². The molecule has 0 aliphatic carbocycles. The molecular formula is C43H78NO8P. The van der Waals surface area contributed by atoms with E-state index in [2.05, 4.69) is 56.4 Å². The van der Waals surface area contributed by atoms with Gasteiger partial charge in [0.05, 0.1) is 13.2 Å². The first-order valence-corrected chi connectivity index (χ1v) is 22.6. The highest BCUT2D eigenvalue weighted by Gasteiger charge is 2.25. The molecule has 0 aliphatic heterocycles. The zero-order valence-electron chi connectivity index (χ0n) is 33.7. The van der Waals surface area contributed by atoms with Crippen LogP contribution < -0.4 is 5.73 Å². The van der Waals surface area contributed by atoms with Crippen molar-refractivity contribution in [2.75, 3.05) is 26.4 Å². The van der Waals surface area contributed by atoms with Gasteiger partial charge in [0, 0.05) is 19.4 Å². The molecule has 10 heteroatoms. The van der Waals surface area contributed by atoms with Crippen LogP contribution in [-0.4, -0.2) is 49.3 Å².